The van der Waals surface area contributed by atoms with E-state index in [1.54, 1.807) is 0 Å². The Morgan fingerprint density at radius 3 is 2.57 bits per heavy atom. The maximum atomic E-state index is 11.9. The fraction of sp³-hybridized carbons (Fsp3) is 0.652. The van der Waals surface area contributed by atoms with Crippen LogP contribution in [0.5, 0.6) is 0 Å². The maximum Gasteiger partial charge on any atom is 0.222 e. The molecule has 2 aliphatic heterocycles. The maximum absolute atomic E-state index is 11.9. The van der Waals surface area contributed by atoms with Gasteiger partial charge in [-0.2, -0.15) is 0 Å². The minimum absolute atomic E-state index is 0. The lowest BCUT2D eigenvalue weighted by Crippen LogP contribution is -2.49. The predicted molar refractivity (Wildman–Crippen MR) is 132 cm³/mol. The first-order valence-corrected chi connectivity index (χ1v) is 11.4. The highest BCUT2D eigenvalue weighted by molar-refractivity contribution is 14.0. The lowest BCUT2D eigenvalue weighted by atomic mass is 10.1. The van der Waals surface area contributed by atoms with Gasteiger partial charge < -0.3 is 20.4 Å². The van der Waals surface area contributed by atoms with Crippen molar-refractivity contribution < 1.29 is 4.79 Å². The average Bonchev–Trinajstić information content (AvgIpc) is 3.51. The van der Waals surface area contributed by atoms with Crippen LogP contribution in [0.2, 0.25) is 0 Å². The Balaban J connectivity index is 0.00000256. The Morgan fingerprint density at radius 2 is 1.90 bits per heavy atom. The van der Waals surface area contributed by atoms with Gasteiger partial charge in [0.15, 0.2) is 5.96 Å². The van der Waals surface area contributed by atoms with E-state index < -0.39 is 0 Å². The van der Waals surface area contributed by atoms with Gasteiger partial charge in [0.2, 0.25) is 5.91 Å². The molecule has 6 nitrogen and oxygen atoms in total. The molecule has 1 aromatic rings. The number of hydrogen-bond donors (Lipinski definition) is 2. The minimum atomic E-state index is 0. The molecule has 3 aliphatic rings. The monoisotopic (exact) mass is 525 g/mol. The molecule has 0 bridgehead atoms. The first kappa shape index (κ1) is 23.3. The SMILES string of the molecule is CCNC(=NCc1cccc(CN2CCCC2=O)c1)NC1CCN(C2CC2)CC1.I. The third kappa shape index (κ3) is 6.57. The summed E-state index contributed by atoms with van der Waals surface area (Å²) < 4.78 is 0. The van der Waals surface area contributed by atoms with E-state index in [4.69, 9.17) is 4.99 Å². The lowest BCUT2D eigenvalue weighted by Gasteiger charge is -2.33. The molecule has 0 unspecified atom stereocenters. The second-order valence-corrected chi connectivity index (χ2v) is 8.62. The number of hydrogen-bond acceptors (Lipinski definition) is 3. The molecule has 3 fully saturated rings. The van der Waals surface area contributed by atoms with Gasteiger partial charge in [-0.25, -0.2) is 4.99 Å². The third-order valence-corrected chi connectivity index (χ3v) is 6.23. The number of carbonyl (C=O) groups excluding carboxylic acids is 1. The zero-order valence-corrected chi connectivity index (χ0v) is 20.4. The average molecular weight is 525 g/mol. The van der Waals surface area contributed by atoms with Crippen molar-refractivity contribution in [3.05, 3.63) is 35.4 Å². The molecule has 2 saturated heterocycles. The van der Waals surface area contributed by atoms with Crippen LogP contribution in [0.15, 0.2) is 29.3 Å². The molecule has 1 amide bonds. The number of likely N-dealkylation sites (tertiary alicyclic amines) is 2. The molecule has 4 rings (SSSR count). The largest absolute Gasteiger partial charge is 0.357 e. The van der Waals surface area contributed by atoms with Crippen LogP contribution in [0, 0.1) is 0 Å². The molecule has 2 heterocycles. The second-order valence-electron chi connectivity index (χ2n) is 8.62. The molecular formula is C23H36IN5O. The summed E-state index contributed by atoms with van der Waals surface area (Å²) in [6.07, 6.45) is 6.86. The minimum Gasteiger partial charge on any atom is -0.357 e. The highest BCUT2D eigenvalue weighted by Gasteiger charge is 2.31. The Labute approximate surface area is 197 Å². The molecule has 0 atom stereocenters. The van der Waals surface area contributed by atoms with Crippen LogP contribution in [0.4, 0.5) is 0 Å². The van der Waals surface area contributed by atoms with Gasteiger partial charge >= 0.3 is 0 Å². The van der Waals surface area contributed by atoms with Gasteiger partial charge in [-0.1, -0.05) is 24.3 Å². The topological polar surface area (TPSA) is 60.0 Å². The van der Waals surface area contributed by atoms with Gasteiger partial charge in [0.25, 0.3) is 0 Å². The normalized spacial score (nSPS) is 20.9. The summed E-state index contributed by atoms with van der Waals surface area (Å²) in [6, 6.07) is 9.88. The quantitative estimate of drug-likeness (QED) is 0.327. The summed E-state index contributed by atoms with van der Waals surface area (Å²) in [7, 11) is 0. The van der Waals surface area contributed by atoms with E-state index in [9.17, 15) is 4.79 Å². The molecule has 2 N–H and O–H groups in total. The number of benzene rings is 1. The van der Waals surface area contributed by atoms with Crippen molar-refractivity contribution >= 4 is 35.8 Å². The number of nitrogens with zero attached hydrogens (tertiary/aromatic N) is 3. The second kappa shape index (κ2) is 11.3. The molecular weight excluding hydrogens is 489 g/mol. The fourth-order valence-electron chi connectivity index (χ4n) is 4.45. The zero-order valence-electron chi connectivity index (χ0n) is 18.1. The van der Waals surface area contributed by atoms with Gasteiger partial charge in [-0.3, -0.25) is 4.79 Å². The number of rotatable bonds is 7. The van der Waals surface area contributed by atoms with Gasteiger partial charge in [0.1, 0.15) is 0 Å². The first-order chi connectivity index (χ1) is 14.2. The van der Waals surface area contributed by atoms with Crippen LogP contribution >= 0.6 is 24.0 Å². The van der Waals surface area contributed by atoms with E-state index in [-0.39, 0.29) is 29.9 Å². The summed E-state index contributed by atoms with van der Waals surface area (Å²) in [5.74, 6) is 1.19. The van der Waals surface area contributed by atoms with Crippen molar-refractivity contribution in [3.63, 3.8) is 0 Å². The molecule has 1 aliphatic carbocycles. The van der Waals surface area contributed by atoms with Crippen molar-refractivity contribution in [2.24, 2.45) is 4.99 Å². The smallest absolute Gasteiger partial charge is 0.222 e. The number of guanidine groups is 1. The van der Waals surface area contributed by atoms with Crippen LogP contribution in [-0.2, 0) is 17.9 Å². The fourth-order valence-corrected chi connectivity index (χ4v) is 4.45. The molecule has 0 radical (unpaired) electrons. The molecule has 30 heavy (non-hydrogen) atoms. The van der Waals surface area contributed by atoms with Crippen molar-refractivity contribution in [1.82, 2.24) is 20.4 Å². The zero-order chi connectivity index (χ0) is 20.1. The van der Waals surface area contributed by atoms with E-state index in [1.165, 1.54) is 49.9 Å². The predicted octanol–water partition coefficient (Wildman–Crippen LogP) is 3.11. The lowest BCUT2D eigenvalue weighted by molar-refractivity contribution is -0.128. The standard InChI is InChI=1S/C23H35N5O.HI/c1-2-24-23(26-20-10-13-27(14-11-20)21-8-9-21)25-16-18-5-3-6-19(15-18)17-28-12-4-7-22(28)29;/h3,5-6,15,20-21H,2,4,7-14,16-17H2,1H3,(H2,24,25,26);1H. The summed E-state index contributed by atoms with van der Waals surface area (Å²) in [4.78, 5) is 21.3. The molecule has 0 aromatic heterocycles. The Morgan fingerprint density at radius 1 is 1.13 bits per heavy atom. The molecule has 1 aromatic carbocycles. The molecule has 1 saturated carbocycles. The van der Waals surface area contributed by atoms with Crippen molar-refractivity contribution in [2.45, 2.75) is 70.6 Å². The van der Waals surface area contributed by atoms with Crippen LogP contribution < -0.4 is 10.6 Å². The van der Waals surface area contributed by atoms with Crippen LogP contribution in [0.1, 0.15) is 56.6 Å². The van der Waals surface area contributed by atoms with Crippen LogP contribution in [-0.4, -0.2) is 59.9 Å². The number of amides is 1. The number of halogens is 1. The van der Waals surface area contributed by atoms with E-state index in [0.717, 1.165) is 31.5 Å². The Kier molecular flexibility index (Phi) is 8.80. The first-order valence-electron chi connectivity index (χ1n) is 11.4. The van der Waals surface area contributed by atoms with E-state index in [1.807, 2.05) is 4.90 Å². The van der Waals surface area contributed by atoms with Gasteiger partial charge in [-0.05, 0) is 50.2 Å². The van der Waals surface area contributed by atoms with Crippen molar-refractivity contribution in [2.75, 3.05) is 26.2 Å². The summed E-state index contributed by atoms with van der Waals surface area (Å²) >= 11 is 0. The van der Waals surface area contributed by atoms with Gasteiger partial charge in [0, 0.05) is 51.2 Å². The number of carbonyl (C=O) groups is 1. The summed E-state index contributed by atoms with van der Waals surface area (Å²) in [5, 5.41) is 7.04. The van der Waals surface area contributed by atoms with Crippen molar-refractivity contribution in [3.8, 4) is 0 Å². The summed E-state index contributed by atoms with van der Waals surface area (Å²) in [5.41, 5.74) is 2.38. The van der Waals surface area contributed by atoms with Crippen molar-refractivity contribution in [1.29, 1.82) is 0 Å². The Hall–Kier alpha value is -1.35. The Bertz CT molecular complexity index is 728. The highest BCUT2D eigenvalue weighted by atomic mass is 127. The van der Waals surface area contributed by atoms with E-state index >= 15 is 0 Å². The highest BCUT2D eigenvalue weighted by Crippen LogP contribution is 2.29. The third-order valence-electron chi connectivity index (χ3n) is 6.23. The summed E-state index contributed by atoms with van der Waals surface area (Å²) in [6.45, 7) is 7.64. The van der Waals surface area contributed by atoms with Crippen LogP contribution in [0.25, 0.3) is 0 Å². The van der Waals surface area contributed by atoms with Gasteiger partial charge in [0.05, 0.1) is 6.54 Å². The van der Waals surface area contributed by atoms with Crippen LogP contribution in [0.3, 0.4) is 0 Å². The molecule has 0 spiro atoms. The van der Waals surface area contributed by atoms with Gasteiger partial charge in [-0.15, -0.1) is 24.0 Å². The number of piperidine rings is 1. The van der Waals surface area contributed by atoms with E-state index in [0.29, 0.717) is 25.6 Å². The number of nitrogens with one attached hydrogen (secondary N) is 2. The number of aliphatic imine (C=N–C) groups is 1. The molecule has 7 heteroatoms. The molecule has 166 valence electrons. The van der Waals surface area contributed by atoms with E-state index in [2.05, 4.69) is 46.7 Å².